The van der Waals surface area contributed by atoms with E-state index in [2.05, 4.69) is 13.8 Å². The monoisotopic (exact) mass is 510 g/mol. The Balaban J connectivity index is 1.60. The van der Waals surface area contributed by atoms with Crippen LogP contribution in [0, 0.1) is 0 Å². The van der Waals surface area contributed by atoms with E-state index in [-0.39, 0.29) is 12.1 Å². The molecule has 37 heavy (non-hydrogen) atoms. The zero-order chi connectivity index (χ0) is 26.6. The molecule has 0 aromatic heterocycles. The average molecular weight is 511 g/mol. The van der Waals surface area contributed by atoms with Crippen LogP contribution in [0.25, 0.3) is 0 Å². The molecule has 2 aromatic rings. The summed E-state index contributed by atoms with van der Waals surface area (Å²) < 4.78 is 17.3. The van der Waals surface area contributed by atoms with Gasteiger partial charge < -0.3 is 14.2 Å². The molecule has 1 unspecified atom stereocenters. The van der Waals surface area contributed by atoms with Crippen molar-refractivity contribution in [2.24, 2.45) is 0 Å². The molecule has 0 fully saturated rings. The third-order valence-corrected chi connectivity index (χ3v) is 6.78. The number of unbranched alkanes of at least 4 members (excludes halogenated alkanes) is 12. The zero-order valence-electron chi connectivity index (χ0n) is 23.6. The smallest absolute Gasteiger partial charge is 0.343 e. The maximum absolute atomic E-state index is 12.5. The van der Waals surface area contributed by atoms with Crippen LogP contribution in [0.2, 0.25) is 0 Å². The number of benzene rings is 2. The summed E-state index contributed by atoms with van der Waals surface area (Å²) in [6, 6.07) is 14.8. The van der Waals surface area contributed by atoms with E-state index in [0.717, 1.165) is 30.8 Å². The molecule has 0 bridgehead atoms. The fraction of sp³-hybridized carbons (Fsp3) is 0.606. The maximum Gasteiger partial charge on any atom is 0.343 e. The Kier molecular flexibility index (Phi) is 16.5. The van der Waals surface area contributed by atoms with Gasteiger partial charge in [-0.15, -0.1) is 0 Å². The minimum Gasteiger partial charge on any atom is -0.494 e. The van der Waals surface area contributed by atoms with Gasteiger partial charge in [0.1, 0.15) is 11.5 Å². The Morgan fingerprint density at radius 3 is 1.70 bits per heavy atom. The van der Waals surface area contributed by atoms with Crippen molar-refractivity contribution >= 4 is 5.97 Å². The molecule has 2 aromatic carbocycles. The number of hydrogen-bond donors (Lipinski definition) is 0. The van der Waals surface area contributed by atoms with E-state index in [4.69, 9.17) is 14.2 Å². The molecule has 0 aliphatic heterocycles. The third kappa shape index (κ3) is 13.7. The summed E-state index contributed by atoms with van der Waals surface area (Å²) in [7, 11) is 0. The number of esters is 1. The lowest BCUT2D eigenvalue weighted by Gasteiger charge is -2.14. The summed E-state index contributed by atoms with van der Waals surface area (Å²) in [5.74, 6) is 0.957. The van der Waals surface area contributed by atoms with Crippen LogP contribution < -0.4 is 9.47 Å². The van der Waals surface area contributed by atoms with Crippen molar-refractivity contribution in [1.29, 1.82) is 0 Å². The summed E-state index contributed by atoms with van der Waals surface area (Å²) in [6.45, 7) is 7.99. The van der Waals surface area contributed by atoms with E-state index in [9.17, 15) is 4.79 Å². The van der Waals surface area contributed by atoms with E-state index in [1.54, 1.807) is 12.1 Å². The van der Waals surface area contributed by atoms with Gasteiger partial charge in [-0.05, 0) is 61.7 Å². The van der Waals surface area contributed by atoms with E-state index in [1.165, 1.54) is 77.0 Å². The first kappa shape index (κ1) is 30.9. The predicted molar refractivity (Wildman–Crippen MR) is 154 cm³/mol. The second kappa shape index (κ2) is 19.7. The summed E-state index contributed by atoms with van der Waals surface area (Å²) >= 11 is 0. The molecule has 0 heterocycles. The van der Waals surface area contributed by atoms with Crippen molar-refractivity contribution in [2.75, 3.05) is 13.2 Å². The van der Waals surface area contributed by atoms with Gasteiger partial charge in [0.25, 0.3) is 0 Å². The van der Waals surface area contributed by atoms with Crippen molar-refractivity contribution in [3.8, 4) is 11.5 Å². The lowest BCUT2D eigenvalue weighted by atomic mass is 10.1. The number of carbonyl (C=O) groups excluding carboxylic acids is 1. The first-order valence-electron chi connectivity index (χ1n) is 14.8. The molecule has 0 amide bonds. The molecule has 0 saturated carbocycles. The van der Waals surface area contributed by atoms with Gasteiger partial charge in [-0.25, -0.2) is 4.79 Å². The summed E-state index contributed by atoms with van der Waals surface area (Å²) in [5, 5.41) is 0. The highest BCUT2D eigenvalue weighted by molar-refractivity contribution is 5.91. The number of ether oxygens (including phenoxy) is 3. The Labute approximate surface area is 226 Å². The lowest BCUT2D eigenvalue weighted by molar-refractivity contribution is 0.0629. The Hall–Kier alpha value is -2.33. The van der Waals surface area contributed by atoms with Crippen LogP contribution in [0.15, 0.2) is 48.5 Å². The molecule has 2 rings (SSSR count). The molecule has 0 aliphatic rings. The SMILES string of the molecule is CCCCCCCCCCCCCOc1ccc(C(=O)Oc2ccc(C(C)OCCCCC)cc2)cc1. The highest BCUT2D eigenvalue weighted by Gasteiger charge is 2.11. The fourth-order valence-corrected chi connectivity index (χ4v) is 4.32. The summed E-state index contributed by atoms with van der Waals surface area (Å²) in [5.41, 5.74) is 1.59. The van der Waals surface area contributed by atoms with Crippen molar-refractivity contribution in [3.05, 3.63) is 59.7 Å². The van der Waals surface area contributed by atoms with Crippen molar-refractivity contribution in [2.45, 2.75) is 117 Å². The lowest BCUT2D eigenvalue weighted by Crippen LogP contribution is -2.09. The predicted octanol–water partition coefficient (Wildman–Crippen LogP) is 9.86. The molecule has 0 saturated heterocycles. The van der Waals surface area contributed by atoms with Crippen LogP contribution in [0.4, 0.5) is 0 Å². The fourth-order valence-electron chi connectivity index (χ4n) is 4.32. The normalized spacial score (nSPS) is 11.9. The number of carbonyl (C=O) groups is 1. The Bertz CT molecular complexity index is 828. The van der Waals surface area contributed by atoms with Crippen LogP contribution in [-0.2, 0) is 4.74 Å². The zero-order valence-corrected chi connectivity index (χ0v) is 23.6. The van der Waals surface area contributed by atoms with Crippen LogP contribution in [0.1, 0.15) is 133 Å². The quantitative estimate of drug-likeness (QED) is 0.0952. The van der Waals surface area contributed by atoms with Gasteiger partial charge in [0.05, 0.1) is 18.3 Å². The van der Waals surface area contributed by atoms with Crippen molar-refractivity contribution in [3.63, 3.8) is 0 Å². The van der Waals surface area contributed by atoms with Gasteiger partial charge in [-0.1, -0.05) is 103 Å². The number of hydrogen-bond acceptors (Lipinski definition) is 4. The van der Waals surface area contributed by atoms with Crippen LogP contribution in [0.5, 0.6) is 11.5 Å². The van der Waals surface area contributed by atoms with Crippen LogP contribution in [-0.4, -0.2) is 19.2 Å². The Morgan fingerprint density at radius 2 is 1.11 bits per heavy atom. The second-order valence-corrected chi connectivity index (χ2v) is 10.1. The summed E-state index contributed by atoms with van der Waals surface area (Å²) in [6.07, 6.45) is 18.0. The number of rotatable bonds is 21. The molecule has 0 spiro atoms. The molecule has 0 aliphatic carbocycles. The molecule has 0 radical (unpaired) electrons. The molecule has 4 nitrogen and oxygen atoms in total. The first-order valence-corrected chi connectivity index (χ1v) is 14.8. The van der Waals surface area contributed by atoms with Gasteiger partial charge in [-0.2, -0.15) is 0 Å². The van der Waals surface area contributed by atoms with Gasteiger partial charge in [-0.3, -0.25) is 0 Å². The molecule has 4 heteroatoms. The molecular weight excluding hydrogens is 460 g/mol. The van der Waals surface area contributed by atoms with E-state index in [1.807, 2.05) is 43.3 Å². The highest BCUT2D eigenvalue weighted by Crippen LogP contribution is 2.22. The van der Waals surface area contributed by atoms with E-state index < -0.39 is 0 Å². The first-order chi connectivity index (χ1) is 18.1. The second-order valence-electron chi connectivity index (χ2n) is 10.1. The van der Waals surface area contributed by atoms with Gasteiger partial charge in [0.2, 0.25) is 0 Å². The minimum absolute atomic E-state index is 0.0271. The van der Waals surface area contributed by atoms with Crippen molar-refractivity contribution in [1.82, 2.24) is 0 Å². The van der Waals surface area contributed by atoms with Crippen molar-refractivity contribution < 1.29 is 19.0 Å². The molecule has 206 valence electrons. The molecule has 0 N–H and O–H groups in total. The van der Waals surface area contributed by atoms with E-state index in [0.29, 0.717) is 17.9 Å². The van der Waals surface area contributed by atoms with Gasteiger partial charge in [0, 0.05) is 6.61 Å². The third-order valence-electron chi connectivity index (χ3n) is 6.78. The standard InChI is InChI=1S/C33H50O4/c1-4-6-8-9-10-11-12-13-14-15-17-27-36-31-22-20-30(21-23-31)33(34)37-32-24-18-29(19-25-32)28(3)35-26-16-7-5-2/h18-25,28H,4-17,26-27H2,1-3H3. The average Bonchev–Trinajstić information content (AvgIpc) is 2.92. The minimum atomic E-state index is -0.367. The summed E-state index contributed by atoms with van der Waals surface area (Å²) in [4.78, 5) is 12.5. The molecule has 1 atom stereocenters. The van der Waals surface area contributed by atoms with E-state index >= 15 is 0 Å². The maximum atomic E-state index is 12.5. The topological polar surface area (TPSA) is 44.8 Å². The largest absolute Gasteiger partial charge is 0.494 e. The molecular formula is C33H50O4. The van der Waals surface area contributed by atoms with Gasteiger partial charge >= 0.3 is 5.97 Å². The highest BCUT2D eigenvalue weighted by atomic mass is 16.5. The Morgan fingerprint density at radius 1 is 0.622 bits per heavy atom. The van der Waals surface area contributed by atoms with Crippen LogP contribution in [0.3, 0.4) is 0 Å². The van der Waals surface area contributed by atoms with Crippen LogP contribution >= 0.6 is 0 Å². The van der Waals surface area contributed by atoms with Gasteiger partial charge in [0.15, 0.2) is 0 Å².